The van der Waals surface area contributed by atoms with E-state index in [9.17, 15) is 0 Å². The van der Waals surface area contributed by atoms with Gasteiger partial charge in [-0.15, -0.1) is 0 Å². The van der Waals surface area contributed by atoms with E-state index in [1.807, 2.05) is 19.1 Å². The maximum absolute atomic E-state index is 4.07. The molecule has 1 rings (SSSR count). The van der Waals surface area contributed by atoms with Gasteiger partial charge in [0.1, 0.15) is 0 Å². The van der Waals surface area contributed by atoms with E-state index in [2.05, 4.69) is 24.8 Å². The van der Waals surface area contributed by atoms with Crippen LogP contribution in [0.15, 0.2) is 18.3 Å². The average Bonchev–Trinajstić information content (AvgIpc) is 1.77. The molecule has 0 N–H and O–H groups in total. The van der Waals surface area contributed by atoms with Crippen LogP contribution in [0.1, 0.15) is 5.69 Å². The fourth-order valence-corrected chi connectivity index (χ4v) is 0.820. The van der Waals surface area contributed by atoms with Crippen molar-refractivity contribution in [2.24, 2.45) is 0 Å². The molecule has 0 radical (unpaired) electrons. The summed E-state index contributed by atoms with van der Waals surface area (Å²) in [4.78, 5) is 4.07. The Labute approximate surface area is 60.0 Å². The Kier molecular flexibility index (Phi) is 1.80. The fraction of sp³-hybridized carbons (Fsp3) is 0.167. The molecule has 1 aromatic rings. The van der Waals surface area contributed by atoms with E-state index in [-0.39, 0.29) is 0 Å². The van der Waals surface area contributed by atoms with Crippen LogP contribution < -0.4 is 3.95 Å². The molecule has 0 spiro atoms. The molecule has 0 aromatic carbocycles. The summed E-state index contributed by atoms with van der Waals surface area (Å²) in [7, 11) is 0. The van der Waals surface area contributed by atoms with Crippen LogP contribution in [-0.2, 0) is 19.8 Å². The molecular formula is C6H6NPt. The zero-order chi connectivity index (χ0) is 5.98. The van der Waals surface area contributed by atoms with Crippen molar-refractivity contribution in [3.63, 3.8) is 0 Å². The summed E-state index contributed by atoms with van der Waals surface area (Å²) in [6.07, 6.45) is 1.80. The molecule has 45 valence electrons. The number of aryl methyl sites for hydroxylation is 1. The number of rotatable bonds is 0. The van der Waals surface area contributed by atoms with Gasteiger partial charge in [0.25, 0.3) is 0 Å². The molecule has 1 aromatic heterocycles. The summed E-state index contributed by atoms with van der Waals surface area (Å²) in [5, 5.41) is 0. The van der Waals surface area contributed by atoms with E-state index in [0.29, 0.717) is 0 Å². The molecular weight excluding hydrogens is 281 g/mol. The van der Waals surface area contributed by atoms with E-state index >= 15 is 0 Å². The third-order valence-corrected chi connectivity index (χ3v) is 2.11. The zero-order valence-electron chi connectivity index (χ0n) is 4.50. The molecule has 1 nitrogen and oxygen atoms in total. The molecule has 0 aliphatic heterocycles. The number of aromatic nitrogens is 1. The molecule has 8 heavy (non-hydrogen) atoms. The molecule has 0 atom stereocenters. The Balaban J connectivity index is 3.13. The molecule has 0 saturated carbocycles. The van der Waals surface area contributed by atoms with Crippen molar-refractivity contribution in [1.29, 1.82) is 0 Å². The number of pyridine rings is 1. The summed E-state index contributed by atoms with van der Waals surface area (Å²) < 4.78 is 1.23. The van der Waals surface area contributed by atoms with Crippen molar-refractivity contribution in [1.82, 2.24) is 4.98 Å². The predicted octanol–water partition coefficient (Wildman–Crippen LogP) is 0.562. The molecule has 0 saturated heterocycles. The topological polar surface area (TPSA) is 12.9 Å². The van der Waals surface area contributed by atoms with E-state index in [4.69, 9.17) is 0 Å². The van der Waals surface area contributed by atoms with Crippen molar-refractivity contribution in [2.75, 3.05) is 0 Å². The van der Waals surface area contributed by atoms with Gasteiger partial charge in [0, 0.05) is 0 Å². The van der Waals surface area contributed by atoms with Crippen molar-refractivity contribution in [2.45, 2.75) is 6.92 Å². The Morgan fingerprint density at radius 3 is 2.75 bits per heavy atom. The van der Waals surface area contributed by atoms with Crippen LogP contribution in [0, 0.1) is 6.92 Å². The number of hydrogen-bond donors (Lipinski definition) is 0. The van der Waals surface area contributed by atoms with E-state index in [0.717, 1.165) is 5.69 Å². The Morgan fingerprint density at radius 2 is 2.38 bits per heavy atom. The second-order valence-corrected chi connectivity index (χ2v) is 2.76. The third-order valence-electron chi connectivity index (χ3n) is 0.910. The van der Waals surface area contributed by atoms with Gasteiger partial charge in [0.15, 0.2) is 0 Å². The van der Waals surface area contributed by atoms with Crippen LogP contribution in [0.3, 0.4) is 0 Å². The second-order valence-electron chi connectivity index (χ2n) is 1.54. The number of nitrogens with zero attached hydrogens (tertiary/aromatic N) is 1. The fourth-order valence-electron chi connectivity index (χ4n) is 0.455. The molecule has 0 bridgehead atoms. The SMILES string of the molecule is Cc1nccc[c]1[Pt]. The maximum atomic E-state index is 4.07. The van der Waals surface area contributed by atoms with Crippen molar-refractivity contribution >= 4 is 3.95 Å². The van der Waals surface area contributed by atoms with Gasteiger partial charge in [0.05, 0.1) is 0 Å². The first-order valence-corrected chi connectivity index (χ1v) is 3.48. The molecule has 0 unspecified atom stereocenters. The number of hydrogen-bond acceptors (Lipinski definition) is 1. The monoisotopic (exact) mass is 287 g/mol. The summed E-state index contributed by atoms with van der Waals surface area (Å²) in [6, 6.07) is 3.99. The molecule has 0 aliphatic carbocycles. The Bertz CT molecular complexity index is 165. The summed E-state index contributed by atoms with van der Waals surface area (Å²) in [5.74, 6) is 0. The quantitative estimate of drug-likeness (QED) is 0.679. The summed E-state index contributed by atoms with van der Waals surface area (Å²) >= 11 is 2.25. The van der Waals surface area contributed by atoms with Gasteiger partial charge in [-0.1, -0.05) is 0 Å². The van der Waals surface area contributed by atoms with Crippen LogP contribution in [-0.4, -0.2) is 4.98 Å². The first-order valence-electron chi connectivity index (χ1n) is 2.35. The van der Waals surface area contributed by atoms with Gasteiger partial charge in [-0.3, -0.25) is 0 Å². The Hall–Kier alpha value is -0.162. The van der Waals surface area contributed by atoms with Gasteiger partial charge >= 0.3 is 59.7 Å². The van der Waals surface area contributed by atoms with Crippen LogP contribution >= 0.6 is 0 Å². The summed E-state index contributed by atoms with van der Waals surface area (Å²) in [6.45, 7) is 2.00. The Morgan fingerprint density at radius 1 is 1.62 bits per heavy atom. The normalized spacial score (nSPS) is 9.38. The van der Waals surface area contributed by atoms with E-state index in [1.54, 1.807) is 6.20 Å². The average molecular weight is 287 g/mol. The second kappa shape index (κ2) is 2.41. The van der Waals surface area contributed by atoms with Gasteiger partial charge in [-0.2, -0.15) is 0 Å². The third kappa shape index (κ3) is 1.16. The van der Waals surface area contributed by atoms with Crippen molar-refractivity contribution in [3.05, 3.63) is 24.0 Å². The first kappa shape index (κ1) is 5.97. The van der Waals surface area contributed by atoms with E-state index < -0.39 is 0 Å². The van der Waals surface area contributed by atoms with Gasteiger partial charge < -0.3 is 0 Å². The molecule has 0 aliphatic rings. The van der Waals surface area contributed by atoms with Gasteiger partial charge in [-0.25, -0.2) is 0 Å². The van der Waals surface area contributed by atoms with Crippen LogP contribution in [0.5, 0.6) is 0 Å². The van der Waals surface area contributed by atoms with Crippen molar-refractivity contribution < 1.29 is 19.8 Å². The molecule has 0 amide bonds. The predicted molar refractivity (Wildman–Crippen MR) is 28.6 cm³/mol. The minimum atomic E-state index is 1.11. The van der Waals surface area contributed by atoms with Gasteiger partial charge in [-0.05, 0) is 0 Å². The zero-order valence-corrected chi connectivity index (χ0v) is 6.77. The molecule has 0 fully saturated rings. The molecule has 2 heteroatoms. The first-order chi connectivity index (χ1) is 3.80. The van der Waals surface area contributed by atoms with E-state index in [1.165, 1.54) is 3.95 Å². The molecule has 1 heterocycles. The van der Waals surface area contributed by atoms with Crippen LogP contribution in [0.2, 0.25) is 0 Å². The standard InChI is InChI=1S/C6H6N.Pt/c1-6-4-2-3-5-7-6;/h2-3,5H,1H3;. The van der Waals surface area contributed by atoms with Crippen LogP contribution in [0.25, 0.3) is 0 Å². The van der Waals surface area contributed by atoms with Crippen LogP contribution in [0.4, 0.5) is 0 Å². The van der Waals surface area contributed by atoms with Gasteiger partial charge in [0.2, 0.25) is 0 Å². The summed E-state index contributed by atoms with van der Waals surface area (Å²) in [5.41, 5.74) is 1.11. The van der Waals surface area contributed by atoms with Crippen molar-refractivity contribution in [3.8, 4) is 0 Å². The minimum absolute atomic E-state index is 1.11.